The first-order valence-corrected chi connectivity index (χ1v) is 8.62. The summed E-state index contributed by atoms with van der Waals surface area (Å²) in [6.45, 7) is 3.62. The number of aryl methyl sites for hydroxylation is 1. The fraction of sp³-hybridized carbons (Fsp3) is 0.500. The van der Waals surface area contributed by atoms with E-state index in [-0.39, 0.29) is 6.04 Å². The van der Waals surface area contributed by atoms with Crippen LogP contribution in [-0.4, -0.2) is 26.5 Å². The SMILES string of the molecule is CSCCC(C)NS(=O)(=O)c1ccc(N)cc1C. The minimum absolute atomic E-state index is 0.0700. The molecule has 0 spiro atoms. The molecule has 18 heavy (non-hydrogen) atoms. The van der Waals surface area contributed by atoms with Crippen molar-refractivity contribution in [1.29, 1.82) is 0 Å². The highest BCUT2D eigenvalue weighted by molar-refractivity contribution is 7.98. The fourth-order valence-corrected chi connectivity index (χ4v) is 3.75. The molecule has 0 aromatic heterocycles. The van der Waals surface area contributed by atoms with E-state index in [1.807, 2.05) is 13.2 Å². The number of hydrogen-bond donors (Lipinski definition) is 2. The fourth-order valence-electron chi connectivity index (χ4n) is 1.66. The molecule has 0 aliphatic heterocycles. The summed E-state index contributed by atoms with van der Waals surface area (Å²) >= 11 is 1.71. The van der Waals surface area contributed by atoms with Gasteiger partial charge in [0.25, 0.3) is 0 Å². The van der Waals surface area contributed by atoms with E-state index < -0.39 is 10.0 Å². The zero-order chi connectivity index (χ0) is 13.8. The molecule has 0 fully saturated rings. The topological polar surface area (TPSA) is 72.2 Å². The van der Waals surface area contributed by atoms with Crippen LogP contribution in [0.15, 0.2) is 23.1 Å². The highest BCUT2D eigenvalue weighted by Crippen LogP contribution is 2.18. The first kappa shape index (κ1) is 15.3. The van der Waals surface area contributed by atoms with Crippen LogP contribution in [0.5, 0.6) is 0 Å². The van der Waals surface area contributed by atoms with Crippen molar-refractivity contribution in [3.05, 3.63) is 23.8 Å². The summed E-state index contributed by atoms with van der Waals surface area (Å²) in [5, 5.41) is 0. The maximum atomic E-state index is 12.2. The van der Waals surface area contributed by atoms with E-state index in [9.17, 15) is 8.42 Å². The molecular formula is C12H20N2O2S2. The van der Waals surface area contributed by atoms with Crippen molar-refractivity contribution in [2.75, 3.05) is 17.7 Å². The summed E-state index contributed by atoms with van der Waals surface area (Å²) in [6, 6.07) is 4.75. The first-order valence-electron chi connectivity index (χ1n) is 5.74. The number of hydrogen-bond acceptors (Lipinski definition) is 4. The van der Waals surface area contributed by atoms with Gasteiger partial charge in [0, 0.05) is 11.7 Å². The molecule has 0 heterocycles. The van der Waals surface area contributed by atoms with Gasteiger partial charge < -0.3 is 5.73 Å². The number of rotatable bonds is 6. The molecule has 0 saturated heterocycles. The molecule has 1 unspecified atom stereocenters. The second kappa shape index (κ2) is 6.45. The van der Waals surface area contributed by atoms with E-state index in [0.29, 0.717) is 16.1 Å². The van der Waals surface area contributed by atoms with E-state index >= 15 is 0 Å². The van der Waals surface area contributed by atoms with Crippen LogP contribution in [0.4, 0.5) is 5.69 Å². The second-order valence-electron chi connectivity index (χ2n) is 4.33. The molecule has 1 aromatic carbocycles. The third-order valence-corrected chi connectivity index (χ3v) is 4.99. The van der Waals surface area contributed by atoms with Crippen LogP contribution in [0.25, 0.3) is 0 Å². The molecular weight excluding hydrogens is 268 g/mol. The molecule has 0 saturated carbocycles. The summed E-state index contributed by atoms with van der Waals surface area (Å²) < 4.78 is 27.0. The molecule has 0 amide bonds. The van der Waals surface area contributed by atoms with E-state index in [2.05, 4.69) is 4.72 Å². The van der Waals surface area contributed by atoms with Gasteiger partial charge in [0.2, 0.25) is 10.0 Å². The van der Waals surface area contributed by atoms with E-state index in [1.165, 1.54) is 0 Å². The van der Waals surface area contributed by atoms with Crippen molar-refractivity contribution in [2.45, 2.75) is 31.2 Å². The van der Waals surface area contributed by atoms with Gasteiger partial charge in [0.15, 0.2) is 0 Å². The Morgan fingerprint density at radius 3 is 2.67 bits per heavy atom. The molecule has 102 valence electrons. The maximum absolute atomic E-state index is 12.2. The van der Waals surface area contributed by atoms with Gasteiger partial charge in [0.05, 0.1) is 4.90 Å². The zero-order valence-corrected chi connectivity index (χ0v) is 12.6. The Morgan fingerprint density at radius 1 is 1.44 bits per heavy atom. The summed E-state index contributed by atoms with van der Waals surface area (Å²) in [5.41, 5.74) is 6.86. The number of nitrogens with two attached hydrogens (primary N) is 1. The number of anilines is 1. The summed E-state index contributed by atoms with van der Waals surface area (Å²) in [6.07, 6.45) is 2.82. The summed E-state index contributed by atoms with van der Waals surface area (Å²) in [4.78, 5) is 0.299. The number of nitrogen functional groups attached to an aromatic ring is 1. The molecule has 0 radical (unpaired) electrons. The smallest absolute Gasteiger partial charge is 0.241 e. The average molecular weight is 288 g/mol. The lowest BCUT2D eigenvalue weighted by atomic mass is 10.2. The van der Waals surface area contributed by atoms with Crippen LogP contribution in [-0.2, 0) is 10.0 Å². The van der Waals surface area contributed by atoms with Gasteiger partial charge in [-0.05, 0) is 56.0 Å². The van der Waals surface area contributed by atoms with E-state index in [0.717, 1.165) is 12.2 Å². The minimum atomic E-state index is -3.45. The van der Waals surface area contributed by atoms with Crippen molar-refractivity contribution in [3.63, 3.8) is 0 Å². The Kier molecular flexibility index (Phi) is 5.49. The van der Waals surface area contributed by atoms with Gasteiger partial charge in [-0.2, -0.15) is 11.8 Å². The van der Waals surface area contributed by atoms with Crippen molar-refractivity contribution in [1.82, 2.24) is 4.72 Å². The number of sulfonamides is 1. The summed E-state index contributed by atoms with van der Waals surface area (Å²) in [7, 11) is -3.45. The lowest BCUT2D eigenvalue weighted by Gasteiger charge is -2.15. The van der Waals surface area contributed by atoms with Crippen molar-refractivity contribution in [2.24, 2.45) is 0 Å². The van der Waals surface area contributed by atoms with Gasteiger partial charge in [-0.25, -0.2) is 13.1 Å². The van der Waals surface area contributed by atoms with Crippen molar-refractivity contribution in [3.8, 4) is 0 Å². The van der Waals surface area contributed by atoms with Crippen LogP contribution >= 0.6 is 11.8 Å². The predicted octanol–water partition coefficient (Wildman–Crippen LogP) is 2.00. The Morgan fingerprint density at radius 2 is 2.11 bits per heavy atom. The maximum Gasteiger partial charge on any atom is 0.241 e. The second-order valence-corrected chi connectivity index (χ2v) is 7.00. The Labute approximate surface area is 113 Å². The lowest BCUT2D eigenvalue weighted by Crippen LogP contribution is -2.33. The van der Waals surface area contributed by atoms with Crippen LogP contribution in [0.3, 0.4) is 0 Å². The third-order valence-electron chi connectivity index (χ3n) is 2.60. The van der Waals surface area contributed by atoms with Crippen LogP contribution in [0, 0.1) is 6.92 Å². The van der Waals surface area contributed by atoms with Gasteiger partial charge >= 0.3 is 0 Å². The Balaban J connectivity index is 2.86. The number of benzene rings is 1. The normalized spacial score (nSPS) is 13.5. The molecule has 0 aliphatic rings. The Bertz CT molecular complexity index is 501. The summed E-state index contributed by atoms with van der Waals surface area (Å²) in [5.74, 6) is 0.935. The average Bonchev–Trinajstić information content (AvgIpc) is 2.25. The van der Waals surface area contributed by atoms with Gasteiger partial charge in [0.1, 0.15) is 0 Å². The van der Waals surface area contributed by atoms with Gasteiger partial charge in [-0.3, -0.25) is 0 Å². The minimum Gasteiger partial charge on any atom is -0.399 e. The van der Waals surface area contributed by atoms with Crippen LogP contribution in [0.1, 0.15) is 18.9 Å². The molecule has 1 aromatic rings. The molecule has 3 N–H and O–H groups in total. The molecule has 1 rings (SSSR count). The highest BCUT2D eigenvalue weighted by Gasteiger charge is 2.19. The van der Waals surface area contributed by atoms with Gasteiger partial charge in [-0.15, -0.1) is 0 Å². The number of thioether (sulfide) groups is 1. The monoisotopic (exact) mass is 288 g/mol. The lowest BCUT2D eigenvalue weighted by molar-refractivity contribution is 0.556. The van der Waals surface area contributed by atoms with Crippen molar-refractivity contribution < 1.29 is 8.42 Å². The molecule has 6 heteroatoms. The van der Waals surface area contributed by atoms with E-state index in [4.69, 9.17) is 5.73 Å². The van der Waals surface area contributed by atoms with Crippen LogP contribution in [0.2, 0.25) is 0 Å². The Hall–Kier alpha value is -0.720. The molecule has 0 bridgehead atoms. The molecule has 1 atom stereocenters. The highest BCUT2D eigenvalue weighted by atomic mass is 32.2. The standard InChI is InChI=1S/C12H20N2O2S2/c1-9-8-11(13)4-5-12(9)18(15,16)14-10(2)6-7-17-3/h4-5,8,10,14H,6-7,13H2,1-3H3. The molecule has 4 nitrogen and oxygen atoms in total. The predicted molar refractivity (Wildman–Crippen MR) is 78.4 cm³/mol. The number of nitrogens with one attached hydrogen (secondary N) is 1. The van der Waals surface area contributed by atoms with E-state index in [1.54, 1.807) is 36.9 Å². The third kappa shape index (κ3) is 4.19. The van der Waals surface area contributed by atoms with Crippen molar-refractivity contribution >= 4 is 27.5 Å². The quantitative estimate of drug-likeness (QED) is 0.785. The van der Waals surface area contributed by atoms with Crippen LogP contribution < -0.4 is 10.5 Å². The molecule has 0 aliphatic carbocycles. The van der Waals surface area contributed by atoms with Gasteiger partial charge in [-0.1, -0.05) is 0 Å². The first-order chi connectivity index (χ1) is 8.36. The zero-order valence-electron chi connectivity index (χ0n) is 10.9. The largest absolute Gasteiger partial charge is 0.399 e.